The molecule has 4 heteroatoms. The Kier molecular flexibility index (Phi) is 1.48. The quantitative estimate of drug-likeness (QED) is 0.476. The van der Waals surface area contributed by atoms with Gasteiger partial charge in [-0.25, -0.2) is 4.21 Å². The smallest absolute Gasteiger partial charge is 0.229 e. The van der Waals surface area contributed by atoms with Gasteiger partial charge in [0.2, 0.25) is 10.2 Å². The van der Waals surface area contributed by atoms with E-state index in [0.717, 1.165) is 0 Å². The second-order valence-corrected chi connectivity index (χ2v) is 3.46. The van der Waals surface area contributed by atoms with Crippen LogP contribution in [0, 0.1) is 5.92 Å². The Morgan fingerprint density at radius 3 is 2.22 bits per heavy atom. The molecule has 0 unspecified atom stereocenters. The van der Waals surface area contributed by atoms with Crippen LogP contribution in [0.25, 0.3) is 0 Å². The van der Waals surface area contributed by atoms with E-state index in [0.29, 0.717) is 0 Å². The topological polar surface area (TPSA) is 51.2 Å². The summed E-state index contributed by atoms with van der Waals surface area (Å²) in [6, 6.07) is 0. The molecule has 0 aromatic heterocycles. The summed E-state index contributed by atoms with van der Waals surface area (Å²) < 4.78 is 10.5. The Balaban J connectivity index is 2.90. The summed E-state index contributed by atoms with van der Waals surface area (Å²) in [6.07, 6.45) is 0.158. The second kappa shape index (κ2) is 2.02. The van der Waals surface area contributed by atoms with Gasteiger partial charge in [0.25, 0.3) is 0 Å². The number of carbonyl (C=O) groups is 2. The first-order valence-electron chi connectivity index (χ1n) is 2.61. The standard InChI is InChI=1S/C5H6O3S/c1-3-2-4(6)9(8)5(3)7/h3H,2H2,1H3/t3-,9-/m0/s1. The van der Waals surface area contributed by atoms with E-state index in [1.54, 1.807) is 6.92 Å². The fourth-order valence-corrected chi connectivity index (χ4v) is 1.78. The van der Waals surface area contributed by atoms with Gasteiger partial charge in [0.05, 0.1) is 0 Å². The number of hydrogen-bond acceptors (Lipinski definition) is 3. The van der Waals surface area contributed by atoms with Crippen molar-refractivity contribution < 1.29 is 13.8 Å². The minimum atomic E-state index is -1.82. The molecule has 0 amide bonds. The van der Waals surface area contributed by atoms with Crippen LogP contribution in [0.4, 0.5) is 0 Å². The highest BCUT2D eigenvalue weighted by atomic mass is 32.2. The largest absolute Gasteiger partial charge is 0.284 e. The van der Waals surface area contributed by atoms with E-state index in [1.165, 1.54) is 0 Å². The van der Waals surface area contributed by atoms with Crippen LogP contribution in [0.1, 0.15) is 13.3 Å². The third kappa shape index (κ3) is 0.941. The Labute approximate surface area is 54.9 Å². The van der Waals surface area contributed by atoms with E-state index in [-0.39, 0.29) is 12.3 Å². The lowest BCUT2D eigenvalue weighted by Gasteiger charge is -1.87. The van der Waals surface area contributed by atoms with Crippen molar-refractivity contribution in [2.45, 2.75) is 13.3 Å². The maximum atomic E-state index is 10.6. The average Bonchev–Trinajstić information content (AvgIpc) is 1.98. The molecular formula is C5H6O3S. The van der Waals surface area contributed by atoms with Gasteiger partial charge in [-0.05, 0) is 0 Å². The molecule has 1 rings (SSSR count). The van der Waals surface area contributed by atoms with Gasteiger partial charge in [0.1, 0.15) is 0 Å². The second-order valence-electron chi connectivity index (χ2n) is 2.06. The monoisotopic (exact) mass is 146 g/mol. The van der Waals surface area contributed by atoms with Crippen molar-refractivity contribution in [3.05, 3.63) is 0 Å². The third-order valence-electron chi connectivity index (χ3n) is 1.26. The molecule has 0 spiro atoms. The maximum absolute atomic E-state index is 10.6. The normalized spacial score (nSPS) is 35.7. The number of rotatable bonds is 0. The van der Waals surface area contributed by atoms with Gasteiger partial charge in [-0.1, -0.05) is 6.92 Å². The predicted octanol–water partition coefficient (Wildman–Crippen LogP) is -0.172. The highest BCUT2D eigenvalue weighted by Crippen LogP contribution is 2.17. The summed E-state index contributed by atoms with van der Waals surface area (Å²) in [5.41, 5.74) is 0. The van der Waals surface area contributed by atoms with Crippen molar-refractivity contribution in [3.8, 4) is 0 Å². The Morgan fingerprint density at radius 1 is 1.56 bits per heavy atom. The molecule has 0 N–H and O–H groups in total. The van der Waals surface area contributed by atoms with Gasteiger partial charge in [-0.3, -0.25) is 9.59 Å². The lowest BCUT2D eigenvalue weighted by molar-refractivity contribution is -0.115. The minimum Gasteiger partial charge on any atom is -0.284 e. The molecule has 1 aliphatic rings. The molecule has 0 radical (unpaired) electrons. The summed E-state index contributed by atoms with van der Waals surface area (Å²) >= 11 is 0. The van der Waals surface area contributed by atoms with Crippen LogP contribution in [0.3, 0.4) is 0 Å². The minimum absolute atomic E-state index is 0.158. The van der Waals surface area contributed by atoms with E-state index in [1.807, 2.05) is 0 Å². The molecule has 2 atom stereocenters. The van der Waals surface area contributed by atoms with Gasteiger partial charge >= 0.3 is 0 Å². The zero-order valence-corrected chi connectivity index (χ0v) is 5.73. The fraction of sp³-hybridized carbons (Fsp3) is 0.600. The van der Waals surface area contributed by atoms with Crippen molar-refractivity contribution in [3.63, 3.8) is 0 Å². The van der Waals surface area contributed by atoms with Gasteiger partial charge in [0.15, 0.2) is 10.8 Å². The zero-order chi connectivity index (χ0) is 7.02. The van der Waals surface area contributed by atoms with Gasteiger partial charge in [-0.15, -0.1) is 0 Å². The average molecular weight is 146 g/mol. The van der Waals surface area contributed by atoms with Crippen molar-refractivity contribution in [2.24, 2.45) is 5.92 Å². The van der Waals surface area contributed by atoms with Crippen molar-refractivity contribution in [2.75, 3.05) is 0 Å². The van der Waals surface area contributed by atoms with Crippen LogP contribution in [0.15, 0.2) is 0 Å². The van der Waals surface area contributed by atoms with E-state index in [4.69, 9.17) is 0 Å². The van der Waals surface area contributed by atoms with Crippen molar-refractivity contribution >= 4 is 21.0 Å². The van der Waals surface area contributed by atoms with Crippen LogP contribution in [-0.2, 0) is 20.4 Å². The van der Waals surface area contributed by atoms with E-state index < -0.39 is 21.0 Å². The molecule has 0 aromatic carbocycles. The Hall–Kier alpha value is -0.510. The van der Waals surface area contributed by atoms with Crippen molar-refractivity contribution in [1.82, 2.24) is 0 Å². The van der Waals surface area contributed by atoms with Gasteiger partial charge in [0, 0.05) is 12.3 Å². The fourth-order valence-electron chi connectivity index (χ4n) is 0.704. The molecule has 9 heavy (non-hydrogen) atoms. The van der Waals surface area contributed by atoms with Crippen LogP contribution < -0.4 is 0 Å². The van der Waals surface area contributed by atoms with E-state index in [2.05, 4.69) is 0 Å². The highest BCUT2D eigenvalue weighted by molar-refractivity contribution is 8.14. The number of hydrogen-bond donors (Lipinski definition) is 0. The molecular weight excluding hydrogens is 140 g/mol. The molecule has 0 aromatic rings. The Morgan fingerprint density at radius 2 is 2.11 bits per heavy atom. The van der Waals surface area contributed by atoms with Crippen LogP contribution in [-0.4, -0.2) is 14.4 Å². The van der Waals surface area contributed by atoms with E-state index >= 15 is 0 Å². The van der Waals surface area contributed by atoms with Gasteiger partial charge < -0.3 is 0 Å². The first-order valence-corrected chi connectivity index (χ1v) is 3.76. The third-order valence-corrected chi connectivity index (χ3v) is 2.61. The van der Waals surface area contributed by atoms with Crippen LogP contribution in [0.2, 0.25) is 0 Å². The highest BCUT2D eigenvalue weighted by Gasteiger charge is 2.35. The SMILES string of the molecule is C[C@H]1CC(=O)[S@](=O)C1=O. The molecule has 50 valence electrons. The molecule has 1 aliphatic heterocycles. The first kappa shape index (κ1) is 6.61. The molecule has 0 bridgehead atoms. The maximum Gasteiger partial charge on any atom is 0.229 e. The Bertz CT molecular complexity index is 196. The summed E-state index contributed by atoms with van der Waals surface area (Å²) in [7, 11) is -1.82. The predicted molar refractivity (Wildman–Crippen MR) is 31.9 cm³/mol. The summed E-state index contributed by atoms with van der Waals surface area (Å²) in [6.45, 7) is 1.62. The molecule has 3 nitrogen and oxygen atoms in total. The number of carbonyl (C=O) groups excluding carboxylic acids is 2. The van der Waals surface area contributed by atoms with Crippen molar-refractivity contribution in [1.29, 1.82) is 0 Å². The molecule has 0 saturated carbocycles. The summed E-state index contributed by atoms with van der Waals surface area (Å²) in [5.74, 6) is -0.321. The lowest BCUT2D eigenvalue weighted by atomic mass is 10.1. The van der Waals surface area contributed by atoms with E-state index in [9.17, 15) is 13.8 Å². The summed E-state index contributed by atoms with van der Waals surface area (Å²) in [5, 5.41) is -0.840. The first-order chi connectivity index (χ1) is 4.13. The summed E-state index contributed by atoms with van der Waals surface area (Å²) in [4.78, 5) is 21.1. The molecule has 1 fully saturated rings. The van der Waals surface area contributed by atoms with Gasteiger partial charge in [-0.2, -0.15) is 0 Å². The molecule has 0 aliphatic carbocycles. The van der Waals surface area contributed by atoms with Crippen LogP contribution in [0.5, 0.6) is 0 Å². The molecule has 1 heterocycles. The molecule has 1 saturated heterocycles. The lowest BCUT2D eigenvalue weighted by Crippen LogP contribution is -2.06. The zero-order valence-electron chi connectivity index (χ0n) is 4.92. The van der Waals surface area contributed by atoms with Crippen LogP contribution >= 0.6 is 0 Å².